The molecule has 18 heavy (non-hydrogen) atoms. The molecule has 1 unspecified atom stereocenters. The molecule has 0 saturated carbocycles. The summed E-state index contributed by atoms with van der Waals surface area (Å²) in [5, 5.41) is 4.65. The van der Waals surface area contributed by atoms with Crippen LogP contribution < -0.4 is 0 Å². The second-order valence-electron chi connectivity index (χ2n) is 4.82. The van der Waals surface area contributed by atoms with E-state index in [0.29, 0.717) is 10.7 Å². The number of nitrogens with zero attached hydrogens (tertiary/aromatic N) is 3. The van der Waals surface area contributed by atoms with Crippen molar-refractivity contribution in [1.82, 2.24) is 14.7 Å². The van der Waals surface area contributed by atoms with Gasteiger partial charge in [0, 0.05) is 24.1 Å². The number of rotatable bonds is 3. The number of carbonyl (C=O) groups is 1. The Labute approximate surface area is 117 Å². The number of hydrogen-bond acceptors (Lipinski definition) is 4. The Morgan fingerprint density at radius 3 is 2.94 bits per heavy atom. The molecule has 2 rings (SSSR count). The fourth-order valence-corrected chi connectivity index (χ4v) is 3.52. The van der Waals surface area contributed by atoms with Gasteiger partial charge in [0.1, 0.15) is 5.69 Å². The van der Waals surface area contributed by atoms with Crippen molar-refractivity contribution in [2.45, 2.75) is 25.9 Å². The lowest BCUT2D eigenvalue weighted by atomic mass is 10.1. The van der Waals surface area contributed by atoms with E-state index in [1.807, 2.05) is 32.7 Å². The van der Waals surface area contributed by atoms with Gasteiger partial charge in [-0.2, -0.15) is 16.9 Å². The number of thioether (sulfide) groups is 1. The molecule has 1 aromatic rings. The van der Waals surface area contributed by atoms with Crippen molar-refractivity contribution in [2.75, 3.05) is 25.1 Å². The van der Waals surface area contributed by atoms with E-state index in [2.05, 4.69) is 10.00 Å². The molecule has 1 aliphatic rings. The van der Waals surface area contributed by atoms with Crippen LogP contribution in [0.2, 0.25) is 5.02 Å². The van der Waals surface area contributed by atoms with E-state index in [4.69, 9.17) is 11.6 Å². The maximum absolute atomic E-state index is 12.6. The van der Waals surface area contributed by atoms with E-state index >= 15 is 0 Å². The fourth-order valence-electron chi connectivity index (χ4n) is 2.08. The van der Waals surface area contributed by atoms with Gasteiger partial charge >= 0.3 is 0 Å². The lowest BCUT2D eigenvalue weighted by molar-refractivity contribution is 0.0861. The average Bonchev–Trinajstić information content (AvgIpc) is 2.71. The Bertz CT molecular complexity index is 447. The van der Waals surface area contributed by atoms with Crippen molar-refractivity contribution < 1.29 is 4.79 Å². The first-order valence-electron chi connectivity index (χ1n) is 6.07. The summed E-state index contributed by atoms with van der Waals surface area (Å²) in [6, 6.07) is 0.0495. The summed E-state index contributed by atoms with van der Waals surface area (Å²) in [6.45, 7) is 4.94. The number of ketones is 1. The van der Waals surface area contributed by atoms with Gasteiger partial charge in [0.25, 0.3) is 0 Å². The number of aromatic nitrogens is 2. The largest absolute Gasteiger partial charge is 0.295 e. The van der Waals surface area contributed by atoms with Crippen LogP contribution in [0.3, 0.4) is 0 Å². The highest BCUT2D eigenvalue weighted by atomic mass is 35.5. The third kappa shape index (κ3) is 2.58. The predicted molar refractivity (Wildman–Crippen MR) is 75.7 cm³/mol. The number of hydrogen-bond donors (Lipinski definition) is 0. The standard InChI is InChI=1S/C12H18ClN3OS/c1-8(2)16-11(9(13)6-14-16)12(17)10-7-18-5-4-15(10)3/h6,8,10H,4-5,7H2,1-3H3. The molecule has 0 bridgehead atoms. The van der Waals surface area contributed by atoms with Crippen LogP contribution in [0, 0.1) is 0 Å². The fraction of sp³-hybridized carbons (Fsp3) is 0.667. The van der Waals surface area contributed by atoms with E-state index < -0.39 is 0 Å². The Morgan fingerprint density at radius 2 is 2.33 bits per heavy atom. The van der Waals surface area contributed by atoms with E-state index in [9.17, 15) is 4.79 Å². The smallest absolute Gasteiger partial charge is 0.200 e. The minimum atomic E-state index is -0.0875. The Balaban J connectivity index is 2.30. The van der Waals surface area contributed by atoms with Crippen molar-refractivity contribution in [3.63, 3.8) is 0 Å². The lowest BCUT2D eigenvalue weighted by Crippen LogP contribution is -2.45. The van der Waals surface area contributed by atoms with Gasteiger partial charge in [0.05, 0.1) is 17.3 Å². The quantitative estimate of drug-likeness (QED) is 0.800. The Morgan fingerprint density at radius 1 is 1.61 bits per heavy atom. The first-order chi connectivity index (χ1) is 8.52. The number of carbonyl (C=O) groups excluding carboxylic acids is 1. The van der Waals surface area contributed by atoms with Crippen LogP contribution in [-0.4, -0.2) is 51.6 Å². The minimum absolute atomic E-state index is 0.0842. The van der Waals surface area contributed by atoms with Crippen molar-refractivity contribution >= 4 is 29.1 Å². The molecule has 2 heterocycles. The molecule has 1 aromatic heterocycles. The lowest BCUT2D eigenvalue weighted by Gasteiger charge is -2.31. The Hall–Kier alpha value is -0.520. The number of halogens is 1. The van der Waals surface area contributed by atoms with Gasteiger partial charge in [-0.15, -0.1) is 0 Å². The summed E-state index contributed by atoms with van der Waals surface area (Å²) in [5.41, 5.74) is 0.547. The molecule has 0 spiro atoms. The highest BCUT2D eigenvalue weighted by Crippen LogP contribution is 2.24. The topological polar surface area (TPSA) is 38.1 Å². The van der Waals surface area contributed by atoms with Gasteiger partial charge in [-0.25, -0.2) is 0 Å². The van der Waals surface area contributed by atoms with Crippen LogP contribution >= 0.6 is 23.4 Å². The van der Waals surface area contributed by atoms with Gasteiger partial charge in [-0.05, 0) is 20.9 Å². The second kappa shape index (κ2) is 5.63. The van der Waals surface area contributed by atoms with E-state index in [0.717, 1.165) is 18.1 Å². The van der Waals surface area contributed by atoms with Crippen LogP contribution in [0.4, 0.5) is 0 Å². The molecule has 0 aliphatic carbocycles. The second-order valence-corrected chi connectivity index (χ2v) is 6.37. The van der Waals surface area contributed by atoms with E-state index in [1.165, 1.54) is 0 Å². The molecule has 1 atom stereocenters. The highest BCUT2D eigenvalue weighted by molar-refractivity contribution is 7.99. The third-order valence-electron chi connectivity index (χ3n) is 3.17. The molecule has 1 aliphatic heterocycles. The van der Waals surface area contributed by atoms with E-state index in [1.54, 1.807) is 10.9 Å². The predicted octanol–water partition coefficient (Wildman–Crippen LogP) is 2.35. The average molecular weight is 288 g/mol. The zero-order valence-electron chi connectivity index (χ0n) is 10.9. The van der Waals surface area contributed by atoms with Crippen LogP contribution in [0.5, 0.6) is 0 Å². The van der Waals surface area contributed by atoms with Gasteiger partial charge in [0.15, 0.2) is 5.78 Å². The normalized spacial score (nSPS) is 21.5. The van der Waals surface area contributed by atoms with Crippen molar-refractivity contribution in [3.05, 3.63) is 16.9 Å². The monoisotopic (exact) mass is 287 g/mol. The van der Waals surface area contributed by atoms with Crippen LogP contribution in [0.25, 0.3) is 0 Å². The molecule has 0 aromatic carbocycles. The highest BCUT2D eigenvalue weighted by Gasteiger charge is 2.31. The minimum Gasteiger partial charge on any atom is -0.295 e. The maximum atomic E-state index is 12.6. The molecule has 1 saturated heterocycles. The number of likely N-dealkylation sites (N-methyl/N-ethyl adjacent to an activating group) is 1. The number of Topliss-reactive ketones (excluding diaryl/α,β-unsaturated/α-hetero) is 1. The first kappa shape index (κ1) is 13.9. The van der Waals surface area contributed by atoms with Gasteiger partial charge in [-0.3, -0.25) is 14.4 Å². The van der Waals surface area contributed by atoms with Crippen molar-refractivity contribution in [1.29, 1.82) is 0 Å². The molecular formula is C12H18ClN3OS. The van der Waals surface area contributed by atoms with Crippen LogP contribution in [0.15, 0.2) is 6.20 Å². The summed E-state index contributed by atoms with van der Waals surface area (Å²) in [4.78, 5) is 14.7. The third-order valence-corrected chi connectivity index (χ3v) is 4.47. The summed E-state index contributed by atoms with van der Waals surface area (Å²) < 4.78 is 1.72. The van der Waals surface area contributed by atoms with Crippen molar-refractivity contribution in [3.8, 4) is 0 Å². The molecule has 100 valence electrons. The SMILES string of the molecule is CC(C)n1ncc(Cl)c1C(=O)C1CSCCN1C. The Kier molecular flexibility index (Phi) is 4.35. The summed E-state index contributed by atoms with van der Waals surface area (Å²) >= 11 is 7.94. The summed E-state index contributed by atoms with van der Waals surface area (Å²) in [6.07, 6.45) is 1.56. The van der Waals surface area contributed by atoms with Gasteiger partial charge in [0.2, 0.25) is 0 Å². The molecule has 6 heteroatoms. The van der Waals surface area contributed by atoms with E-state index in [-0.39, 0.29) is 17.9 Å². The molecule has 0 radical (unpaired) electrons. The maximum Gasteiger partial charge on any atom is 0.200 e. The van der Waals surface area contributed by atoms with Gasteiger partial charge < -0.3 is 0 Å². The zero-order chi connectivity index (χ0) is 13.3. The van der Waals surface area contributed by atoms with Crippen LogP contribution in [-0.2, 0) is 0 Å². The molecule has 0 amide bonds. The molecular weight excluding hydrogens is 270 g/mol. The zero-order valence-corrected chi connectivity index (χ0v) is 12.5. The van der Waals surface area contributed by atoms with Gasteiger partial charge in [-0.1, -0.05) is 11.6 Å². The van der Waals surface area contributed by atoms with Crippen molar-refractivity contribution in [2.24, 2.45) is 0 Å². The summed E-state index contributed by atoms with van der Waals surface area (Å²) in [5.74, 6) is 1.99. The van der Waals surface area contributed by atoms with Crippen LogP contribution in [0.1, 0.15) is 30.4 Å². The molecule has 4 nitrogen and oxygen atoms in total. The first-order valence-corrected chi connectivity index (χ1v) is 7.61. The summed E-state index contributed by atoms with van der Waals surface area (Å²) in [7, 11) is 1.99. The molecule has 1 fully saturated rings. The molecule has 0 N–H and O–H groups in total.